The van der Waals surface area contributed by atoms with E-state index in [1.807, 2.05) is 29.2 Å². The van der Waals surface area contributed by atoms with Crippen LogP contribution >= 0.6 is 15.9 Å². The van der Waals surface area contributed by atoms with Crippen molar-refractivity contribution in [3.63, 3.8) is 0 Å². The molecule has 10 nitrogen and oxygen atoms in total. The van der Waals surface area contributed by atoms with Crippen LogP contribution in [0.3, 0.4) is 0 Å². The number of likely N-dealkylation sites (N-methyl/N-ethyl adjacent to an activating group) is 1. The number of ether oxygens (including phenoxy) is 2. The van der Waals surface area contributed by atoms with Gasteiger partial charge in [-0.15, -0.1) is 0 Å². The van der Waals surface area contributed by atoms with Crippen molar-refractivity contribution in [3.05, 3.63) is 57.3 Å². The van der Waals surface area contributed by atoms with E-state index < -0.39 is 4.92 Å². The maximum Gasteiger partial charge on any atom is 0.320 e. The molecule has 1 heterocycles. The Morgan fingerprint density at radius 3 is 2.82 bits per heavy atom. The summed E-state index contributed by atoms with van der Waals surface area (Å²) >= 11 is 3.42. The van der Waals surface area contributed by atoms with Gasteiger partial charge in [0, 0.05) is 28.8 Å². The molecule has 3 rings (SSSR count). The number of benzene rings is 2. The van der Waals surface area contributed by atoms with Crippen LogP contribution in [0.4, 0.5) is 17.2 Å². The third-order valence-electron chi connectivity index (χ3n) is 4.65. The van der Waals surface area contributed by atoms with Crippen LogP contribution in [-0.4, -0.2) is 59.1 Å². The van der Waals surface area contributed by atoms with Crippen molar-refractivity contribution in [3.8, 4) is 5.75 Å². The fraction of sp³-hybridized carbons (Fsp3) is 0.318. The van der Waals surface area contributed by atoms with Gasteiger partial charge in [0.15, 0.2) is 5.75 Å². The van der Waals surface area contributed by atoms with Gasteiger partial charge in [-0.05, 0) is 38.6 Å². The Morgan fingerprint density at radius 1 is 1.27 bits per heavy atom. The summed E-state index contributed by atoms with van der Waals surface area (Å²) in [6.07, 6.45) is 1.97. The lowest BCUT2D eigenvalue weighted by molar-refractivity contribution is -0.385. The number of aromatic nitrogens is 2. The summed E-state index contributed by atoms with van der Waals surface area (Å²) in [5.41, 5.74) is 1.12. The summed E-state index contributed by atoms with van der Waals surface area (Å²) in [6, 6.07) is 10.5. The molecule has 0 saturated carbocycles. The number of nitrogens with zero attached hydrogens (tertiary/aromatic N) is 4. The van der Waals surface area contributed by atoms with Crippen molar-refractivity contribution in [1.82, 2.24) is 14.9 Å². The molecule has 2 aromatic carbocycles. The summed E-state index contributed by atoms with van der Waals surface area (Å²) < 4.78 is 11.5. The average Bonchev–Trinajstić information content (AvgIpc) is 2.76. The van der Waals surface area contributed by atoms with Gasteiger partial charge in [-0.25, -0.2) is 9.97 Å². The maximum absolute atomic E-state index is 11.7. The van der Waals surface area contributed by atoms with Crippen molar-refractivity contribution in [2.75, 3.05) is 38.7 Å². The number of rotatable bonds is 11. The molecule has 0 aliphatic heterocycles. The molecular weight excluding hydrogens is 494 g/mol. The quantitative estimate of drug-likeness (QED) is 0.171. The van der Waals surface area contributed by atoms with E-state index in [0.29, 0.717) is 36.3 Å². The first kappa shape index (κ1) is 24.3. The number of esters is 1. The molecule has 0 radical (unpaired) electrons. The molecule has 0 bridgehead atoms. The van der Waals surface area contributed by atoms with Crippen LogP contribution in [0, 0.1) is 10.1 Å². The van der Waals surface area contributed by atoms with Gasteiger partial charge in [-0.1, -0.05) is 22.0 Å². The minimum atomic E-state index is -0.489. The molecule has 1 aromatic heterocycles. The number of anilines is 2. The first-order chi connectivity index (χ1) is 15.9. The highest BCUT2D eigenvalue weighted by molar-refractivity contribution is 9.10. The van der Waals surface area contributed by atoms with Crippen molar-refractivity contribution in [1.29, 1.82) is 0 Å². The van der Waals surface area contributed by atoms with Gasteiger partial charge < -0.3 is 14.8 Å². The summed E-state index contributed by atoms with van der Waals surface area (Å²) in [5, 5.41) is 15.4. The molecule has 0 aliphatic carbocycles. The average molecular weight is 518 g/mol. The highest BCUT2D eigenvalue weighted by Crippen LogP contribution is 2.34. The number of hydrogen-bond donors (Lipinski definition) is 1. The summed E-state index contributed by atoms with van der Waals surface area (Å²) in [6.45, 7) is 3.09. The Hall–Kier alpha value is -3.31. The van der Waals surface area contributed by atoms with Gasteiger partial charge in [0.2, 0.25) is 0 Å². The predicted octanol–water partition coefficient (Wildman–Crippen LogP) is 4.31. The van der Waals surface area contributed by atoms with Crippen LogP contribution in [0.1, 0.15) is 13.3 Å². The van der Waals surface area contributed by atoms with E-state index in [4.69, 9.17) is 9.47 Å². The third kappa shape index (κ3) is 6.83. The molecule has 0 spiro atoms. The molecule has 0 aliphatic rings. The lowest BCUT2D eigenvalue weighted by atomic mass is 10.2. The van der Waals surface area contributed by atoms with Crippen LogP contribution in [0.25, 0.3) is 10.9 Å². The monoisotopic (exact) mass is 517 g/mol. The Morgan fingerprint density at radius 2 is 2.09 bits per heavy atom. The molecule has 0 saturated heterocycles. The molecule has 1 N–H and O–H groups in total. The lowest BCUT2D eigenvalue weighted by Crippen LogP contribution is -2.29. The topological polar surface area (TPSA) is 120 Å². The molecule has 0 unspecified atom stereocenters. The molecule has 0 fully saturated rings. The molecule has 174 valence electrons. The number of carbonyl (C=O) groups excluding carboxylic acids is 1. The fourth-order valence-corrected chi connectivity index (χ4v) is 3.56. The Bertz CT molecular complexity index is 1140. The summed E-state index contributed by atoms with van der Waals surface area (Å²) in [4.78, 5) is 33.0. The van der Waals surface area contributed by atoms with Gasteiger partial charge in [0.05, 0.1) is 35.6 Å². The number of nitro groups is 1. The van der Waals surface area contributed by atoms with E-state index in [1.54, 1.807) is 20.0 Å². The van der Waals surface area contributed by atoms with Crippen LogP contribution in [-0.2, 0) is 9.53 Å². The molecule has 11 heteroatoms. The fourth-order valence-electron chi connectivity index (χ4n) is 3.16. The smallest absolute Gasteiger partial charge is 0.320 e. The zero-order valence-electron chi connectivity index (χ0n) is 18.3. The van der Waals surface area contributed by atoms with E-state index in [0.717, 1.165) is 10.2 Å². The maximum atomic E-state index is 11.7. The Balaban J connectivity index is 1.73. The van der Waals surface area contributed by atoms with Gasteiger partial charge >= 0.3 is 11.7 Å². The van der Waals surface area contributed by atoms with Crippen molar-refractivity contribution >= 4 is 50.0 Å². The number of fused-ring (bicyclic) bond motifs is 1. The molecule has 0 atom stereocenters. The lowest BCUT2D eigenvalue weighted by Gasteiger charge is -2.15. The van der Waals surface area contributed by atoms with Gasteiger partial charge in [-0.2, -0.15) is 0 Å². The van der Waals surface area contributed by atoms with E-state index in [-0.39, 0.29) is 30.6 Å². The van der Waals surface area contributed by atoms with Crippen molar-refractivity contribution in [2.24, 2.45) is 0 Å². The van der Waals surface area contributed by atoms with E-state index in [2.05, 4.69) is 31.2 Å². The minimum Gasteiger partial charge on any atom is -0.487 e. The third-order valence-corrected chi connectivity index (χ3v) is 5.14. The van der Waals surface area contributed by atoms with Crippen LogP contribution < -0.4 is 10.1 Å². The Labute approximate surface area is 199 Å². The Kier molecular flexibility index (Phi) is 8.50. The highest BCUT2D eigenvalue weighted by atomic mass is 79.9. The van der Waals surface area contributed by atoms with Gasteiger partial charge in [0.25, 0.3) is 0 Å². The zero-order valence-corrected chi connectivity index (χ0v) is 19.9. The van der Waals surface area contributed by atoms with Gasteiger partial charge in [-0.3, -0.25) is 19.8 Å². The number of carbonyl (C=O) groups is 1. The standard InChI is InChI=1S/C22H24BrN5O5/c1-3-32-21(29)13-27(2)8-5-9-33-20-12-18-17(11-19(20)28(30)31)22(25-14-24-18)26-16-7-4-6-15(23)10-16/h4,6-7,10-12,14H,3,5,8-9,13H2,1-2H3,(H,24,25,26). The minimum absolute atomic E-state index is 0.132. The molecule has 3 aromatic rings. The van der Waals surface area contributed by atoms with Crippen molar-refractivity contribution < 1.29 is 19.2 Å². The van der Waals surface area contributed by atoms with Gasteiger partial charge in [0.1, 0.15) is 12.1 Å². The number of hydrogen-bond acceptors (Lipinski definition) is 9. The predicted molar refractivity (Wildman–Crippen MR) is 128 cm³/mol. The van der Waals surface area contributed by atoms with E-state index >= 15 is 0 Å². The normalized spacial score (nSPS) is 10.9. The second-order valence-electron chi connectivity index (χ2n) is 7.20. The van der Waals surface area contributed by atoms with Crippen LogP contribution in [0.15, 0.2) is 47.2 Å². The summed E-state index contributed by atoms with van der Waals surface area (Å²) in [7, 11) is 1.80. The number of nitro benzene ring substituents is 1. The van der Waals surface area contributed by atoms with Crippen LogP contribution in [0.2, 0.25) is 0 Å². The largest absolute Gasteiger partial charge is 0.487 e. The molecule has 33 heavy (non-hydrogen) atoms. The van der Waals surface area contributed by atoms with Crippen LogP contribution in [0.5, 0.6) is 5.75 Å². The first-order valence-corrected chi connectivity index (χ1v) is 11.1. The van der Waals surface area contributed by atoms with Crippen molar-refractivity contribution in [2.45, 2.75) is 13.3 Å². The second-order valence-corrected chi connectivity index (χ2v) is 8.11. The molecule has 0 amide bonds. The second kappa shape index (κ2) is 11.5. The van der Waals surface area contributed by atoms with E-state index in [1.165, 1.54) is 12.4 Å². The first-order valence-electron chi connectivity index (χ1n) is 10.3. The SMILES string of the molecule is CCOC(=O)CN(C)CCCOc1cc2ncnc(Nc3cccc(Br)c3)c2cc1[N+](=O)[O-]. The molecular formula is C22H24BrN5O5. The highest BCUT2D eigenvalue weighted by Gasteiger charge is 2.19. The number of halogens is 1. The summed E-state index contributed by atoms with van der Waals surface area (Å²) in [5.74, 6) is 0.291. The zero-order chi connectivity index (χ0) is 23.8. The number of nitrogens with one attached hydrogen (secondary N) is 1. The van der Waals surface area contributed by atoms with E-state index in [9.17, 15) is 14.9 Å².